The Morgan fingerprint density at radius 3 is 2.77 bits per heavy atom. The van der Waals surface area contributed by atoms with Crippen LogP contribution in [-0.2, 0) is 4.79 Å². The van der Waals surface area contributed by atoms with Crippen LogP contribution in [0.3, 0.4) is 0 Å². The van der Waals surface area contributed by atoms with Crippen molar-refractivity contribution < 1.29 is 9.18 Å². The van der Waals surface area contributed by atoms with Gasteiger partial charge < -0.3 is 5.41 Å². The highest BCUT2D eigenvalue weighted by molar-refractivity contribution is 5.91. The Morgan fingerprint density at radius 2 is 2.00 bits per heavy atom. The van der Waals surface area contributed by atoms with Crippen molar-refractivity contribution >= 4 is 12.0 Å². The minimum absolute atomic E-state index is 0.304. The summed E-state index contributed by atoms with van der Waals surface area (Å²) in [4.78, 5) is 11.7. The summed E-state index contributed by atoms with van der Waals surface area (Å²) in [6.45, 7) is 2.10. The number of rotatable bonds is 1. The maximum Gasteiger partial charge on any atom is 0.155 e. The number of alkyl halides is 1. The molecular formula is C19H26FNO. The van der Waals surface area contributed by atoms with Crippen LogP contribution in [0.2, 0.25) is 0 Å². The van der Waals surface area contributed by atoms with Crippen LogP contribution in [0.5, 0.6) is 0 Å². The number of carbonyl (C=O) groups is 1. The van der Waals surface area contributed by atoms with Crippen molar-refractivity contribution in [3.8, 4) is 0 Å². The molecular weight excluding hydrogens is 277 g/mol. The second-order valence-corrected chi connectivity index (χ2v) is 8.31. The van der Waals surface area contributed by atoms with E-state index in [0.717, 1.165) is 44.7 Å². The predicted molar refractivity (Wildman–Crippen MR) is 84.7 cm³/mol. The van der Waals surface area contributed by atoms with Gasteiger partial charge in [0.2, 0.25) is 0 Å². The van der Waals surface area contributed by atoms with Gasteiger partial charge in [0.1, 0.15) is 0 Å². The van der Waals surface area contributed by atoms with Crippen molar-refractivity contribution in [1.82, 2.24) is 0 Å². The highest BCUT2D eigenvalue weighted by atomic mass is 19.1. The first-order valence-corrected chi connectivity index (χ1v) is 8.92. The fraction of sp³-hybridized carbons (Fsp3) is 0.789. The van der Waals surface area contributed by atoms with Gasteiger partial charge in [-0.05, 0) is 74.7 Å². The van der Waals surface area contributed by atoms with Crippen molar-refractivity contribution in [3.63, 3.8) is 0 Å². The second-order valence-electron chi connectivity index (χ2n) is 8.31. The Morgan fingerprint density at radius 1 is 1.18 bits per heavy atom. The number of ketones is 1. The topological polar surface area (TPSA) is 40.9 Å². The molecule has 0 aliphatic heterocycles. The molecule has 0 bridgehead atoms. The van der Waals surface area contributed by atoms with Crippen LogP contribution < -0.4 is 0 Å². The maximum atomic E-state index is 15.2. The van der Waals surface area contributed by atoms with Crippen LogP contribution in [0.1, 0.15) is 58.3 Å². The van der Waals surface area contributed by atoms with E-state index in [1.807, 2.05) is 6.08 Å². The molecule has 0 aromatic carbocycles. The van der Waals surface area contributed by atoms with Crippen molar-refractivity contribution in [3.05, 3.63) is 11.6 Å². The van der Waals surface area contributed by atoms with Gasteiger partial charge in [0.25, 0.3) is 0 Å². The molecule has 3 heteroatoms. The SMILES string of the molecule is C[C@]12CCC3C4CCC(=O)C=C4CCC3C1CC[C@]2(F)C=N. The number of carbonyl (C=O) groups excluding carboxylic acids is 1. The summed E-state index contributed by atoms with van der Waals surface area (Å²) in [6, 6.07) is 0. The van der Waals surface area contributed by atoms with Crippen molar-refractivity contribution in [2.75, 3.05) is 0 Å². The van der Waals surface area contributed by atoms with Gasteiger partial charge in [0.05, 0.1) is 0 Å². The number of halogens is 1. The molecule has 3 saturated carbocycles. The highest BCUT2D eigenvalue weighted by Crippen LogP contribution is 2.65. The molecule has 0 radical (unpaired) electrons. The molecule has 0 aromatic heterocycles. The van der Waals surface area contributed by atoms with Gasteiger partial charge in [-0.2, -0.15) is 0 Å². The van der Waals surface area contributed by atoms with Gasteiger partial charge in [-0.3, -0.25) is 4.79 Å². The standard InChI is InChI=1S/C19H26FNO/c1-18-8-6-15-14-5-3-13(22)10-12(14)2-4-16(15)17(18)7-9-19(18,20)11-21/h10-11,14-17,21H,2-9H2,1H3/t14?,15?,16?,17?,18-,19-/m0/s1. The van der Waals surface area contributed by atoms with E-state index in [1.165, 1.54) is 5.57 Å². The van der Waals surface area contributed by atoms with Gasteiger partial charge >= 0.3 is 0 Å². The van der Waals surface area contributed by atoms with Crippen LogP contribution in [-0.4, -0.2) is 17.7 Å². The van der Waals surface area contributed by atoms with Crippen LogP contribution >= 0.6 is 0 Å². The lowest BCUT2D eigenvalue weighted by atomic mass is 9.51. The molecule has 1 N–H and O–H groups in total. The van der Waals surface area contributed by atoms with Crippen molar-refractivity contribution in [2.24, 2.45) is 29.1 Å². The fourth-order valence-corrected chi connectivity index (χ4v) is 6.44. The summed E-state index contributed by atoms with van der Waals surface area (Å²) in [5, 5.41) is 7.60. The zero-order valence-corrected chi connectivity index (χ0v) is 13.4. The molecule has 4 aliphatic carbocycles. The third kappa shape index (κ3) is 1.77. The van der Waals surface area contributed by atoms with E-state index in [2.05, 4.69) is 6.92 Å². The van der Waals surface area contributed by atoms with E-state index >= 15 is 4.39 Å². The number of hydrogen-bond acceptors (Lipinski definition) is 2. The average Bonchev–Trinajstić information content (AvgIpc) is 2.79. The molecule has 2 nitrogen and oxygen atoms in total. The van der Waals surface area contributed by atoms with Crippen molar-refractivity contribution in [2.45, 2.75) is 64.0 Å². The minimum Gasteiger partial charge on any atom is -0.310 e. The maximum absolute atomic E-state index is 15.2. The summed E-state index contributed by atoms with van der Waals surface area (Å²) in [5.74, 6) is 2.57. The first-order valence-electron chi connectivity index (χ1n) is 8.92. The molecule has 0 aromatic rings. The summed E-state index contributed by atoms with van der Waals surface area (Å²) in [7, 11) is 0. The molecule has 6 atom stereocenters. The van der Waals surface area contributed by atoms with Gasteiger partial charge in [0, 0.05) is 18.1 Å². The normalized spacial score (nSPS) is 50.6. The monoisotopic (exact) mass is 303 g/mol. The lowest BCUT2D eigenvalue weighted by Gasteiger charge is -2.54. The quantitative estimate of drug-likeness (QED) is 0.713. The molecule has 4 aliphatic rings. The third-order valence-corrected chi connectivity index (χ3v) is 7.69. The third-order valence-electron chi connectivity index (χ3n) is 7.69. The van der Waals surface area contributed by atoms with E-state index in [4.69, 9.17) is 5.41 Å². The molecule has 22 heavy (non-hydrogen) atoms. The van der Waals surface area contributed by atoms with Gasteiger partial charge in [-0.25, -0.2) is 4.39 Å². The Kier molecular flexibility index (Phi) is 3.15. The van der Waals surface area contributed by atoms with E-state index in [-0.39, 0.29) is 5.41 Å². The van der Waals surface area contributed by atoms with Crippen molar-refractivity contribution in [1.29, 1.82) is 5.41 Å². The van der Waals surface area contributed by atoms with Crippen LogP contribution in [0, 0.1) is 34.5 Å². The van der Waals surface area contributed by atoms with Crippen LogP contribution in [0.4, 0.5) is 4.39 Å². The Balaban J connectivity index is 1.65. The van der Waals surface area contributed by atoms with Crippen LogP contribution in [0.15, 0.2) is 11.6 Å². The zero-order chi connectivity index (χ0) is 15.5. The number of fused-ring (bicyclic) bond motifs is 5. The largest absolute Gasteiger partial charge is 0.310 e. The molecule has 4 rings (SSSR count). The first kappa shape index (κ1) is 14.6. The van der Waals surface area contributed by atoms with E-state index in [0.29, 0.717) is 42.3 Å². The number of nitrogens with one attached hydrogen (secondary N) is 1. The summed E-state index contributed by atoms with van der Waals surface area (Å²) < 4.78 is 15.2. The fourth-order valence-electron chi connectivity index (χ4n) is 6.44. The smallest absolute Gasteiger partial charge is 0.155 e. The molecule has 0 amide bonds. The molecule has 120 valence electrons. The Labute approximate surface area is 132 Å². The predicted octanol–water partition coefficient (Wildman–Crippen LogP) is 4.49. The molecule has 0 saturated heterocycles. The Bertz CT molecular complexity index is 556. The van der Waals surface area contributed by atoms with Gasteiger partial charge in [-0.15, -0.1) is 0 Å². The summed E-state index contributed by atoms with van der Waals surface area (Å²) >= 11 is 0. The molecule has 3 fully saturated rings. The van der Waals surface area contributed by atoms with Gasteiger partial charge in [0.15, 0.2) is 11.5 Å². The zero-order valence-electron chi connectivity index (χ0n) is 13.4. The lowest BCUT2D eigenvalue weighted by Crippen LogP contribution is -2.51. The van der Waals surface area contributed by atoms with E-state index in [1.54, 1.807) is 0 Å². The molecule has 4 unspecified atom stereocenters. The molecule has 0 heterocycles. The minimum atomic E-state index is -1.39. The number of allylic oxidation sites excluding steroid dienone is 1. The van der Waals surface area contributed by atoms with E-state index in [9.17, 15) is 4.79 Å². The summed E-state index contributed by atoms with van der Waals surface area (Å²) in [5.41, 5.74) is -0.333. The number of hydrogen-bond donors (Lipinski definition) is 1. The van der Waals surface area contributed by atoms with Crippen LogP contribution in [0.25, 0.3) is 0 Å². The Hall–Kier alpha value is -0.990. The first-order chi connectivity index (χ1) is 10.5. The average molecular weight is 303 g/mol. The van der Waals surface area contributed by atoms with Gasteiger partial charge in [-0.1, -0.05) is 12.5 Å². The summed E-state index contributed by atoms with van der Waals surface area (Å²) in [6.07, 6.45) is 10.3. The second kappa shape index (κ2) is 4.75. The lowest BCUT2D eigenvalue weighted by molar-refractivity contribution is -0.116. The highest BCUT2D eigenvalue weighted by Gasteiger charge is 2.62. The van der Waals surface area contributed by atoms with E-state index < -0.39 is 5.67 Å². The molecule has 0 spiro atoms.